The van der Waals surface area contributed by atoms with Crippen LogP contribution in [-0.4, -0.2) is 10.1 Å². The molecule has 0 saturated heterocycles. The Hall–Kier alpha value is -0.910. The first-order valence-electron chi connectivity index (χ1n) is 5.16. The van der Waals surface area contributed by atoms with Gasteiger partial charge in [-0.2, -0.15) is 4.98 Å². The highest BCUT2D eigenvalue weighted by atomic mass is 79.9. The Morgan fingerprint density at radius 1 is 1.53 bits per heavy atom. The van der Waals surface area contributed by atoms with Gasteiger partial charge in [-0.15, -0.1) is 0 Å². The van der Waals surface area contributed by atoms with Gasteiger partial charge in [-0.05, 0) is 40.5 Å². The van der Waals surface area contributed by atoms with Crippen molar-refractivity contribution in [3.05, 3.63) is 33.5 Å². The molecule has 6 heteroatoms. The average Bonchev–Trinajstić information content (AvgIpc) is 2.81. The molecule has 0 aliphatic heterocycles. The van der Waals surface area contributed by atoms with Gasteiger partial charge in [0, 0.05) is 10.0 Å². The number of rotatable bonds is 3. The first-order valence-corrected chi connectivity index (χ1v) is 6.33. The van der Waals surface area contributed by atoms with Crippen molar-refractivity contribution in [2.45, 2.75) is 19.4 Å². The number of nitrogens with zero attached hydrogens (tertiary/aromatic N) is 2. The molecule has 1 unspecified atom stereocenters. The van der Waals surface area contributed by atoms with E-state index in [1.54, 1.807) is 6.07 Å². The second-order valence-electron chi connectivity index (χ2n) is 3.60. The molecule has 2 rings (SSSR count). The summed E-state index contributed by atoms with van der Waals surface area (Å²) in [5, 5.41) is 4.49. The van der Waals surface area contributed by atoms with Crippen molar-refractivity contribution in [2.24, 2.45) is 5.73 Å². The second-order valence-corrected chi connectivity index (χ2v) is 4.86. The van der Waals surface area contributed by atoms with Crippen molar-refractivity contribution in [1.82, 2.24) is 10.1 Å². The van der Waals surface area contributed by atoms with Gasteiger partial charge < -0.3 is 10.3 Å². The summed E-state index contributed by atoms with van der Waals surface area (Å²) in [6.45, 7) is 1.97. The van der Waals surface area contributed by atoms with E-state index in [4.69, 9.17) is 21.9 Å². The first-order chi connectivity index (χ1) is 8.11. The molecule has 0 aliphatic rings. The third kappa shape index (κ3) is 2.68. The topological polar surface area (TPSA) is 64.9 Å². The molecule has 0 saturated carbocycles. The molecule has 0 amide bonds. The number of hydrogen-bond acceptors (Lipinski definition) is 4. The molecule has 2 N–H and O–H groups in total. The molecule has 0 fully saturated rings. The van der Waals surface area contributed by atoms with Crippen LogP contribution in [0.3, 0.4) is 0 Å². The smallest absolute Gasteiger partial charge is 0.258 e. The van der Waals surface area contributed by atoms with E-state index in [-0.39, 0.29) is 6.04 Å². The van der Waals surface area contributed by atoms with E-state index >= 15 is 0 Å². The van der Waals surface area contributed by atoms with Crippen LogP contribution in [0.15, 0.2) is 27.2 Å². The standard InChI is InChI=1S/C11H11BrClN3O/c1-2-9(14)10-15-11(17-16-10)6-3-4-8(13)7(12)5-6/h3-5,9H,2,14H2,1H3. The van der Waals surface area contributed by atoms with Crippen molar-refractivity contribution < 1.29 is 4.52 Å². The van der Waals surface area contributed by atoms with Crippen molar-refractivity contribution in [2.75, 3.05) is 0 Å². The average molecular weight is 317 g/mol. The van der Waals surface area contributed by atoms with Gasteiger partial charge in [0.25, 0.3) is 5.89 Å². The predicted molar refractivity (Wildman–Crippen MR) is 69.7 cm³/mol. The van der Waals surface area contributed by atoms with Gasteiger partial charge in [0.1, 0.15) is 0 Å². The van der Waals surface area contributed by atoms with Crippen LogP contribution in [0.5, 0.6) is 0 Å². The van der Waals surface area contributed by atoms with E-state index in [0.717, 1.165) is 16.5 Å². The zero-order valence-electron chi connectivity index (χ0n) is 9.15. The lowest BCUT2D eigenvalue weighted by Crippen LogP contribution is -2.10. The van der Waals surface area contributed by atoms with E-state index in [1.165, 1.54) is 0 Å². The molecule has 0 spiro atoms. The van der Waals surface area contributed by atoms with Gasteiger partial charge in [-0.25, -0.2) is 0 Å². The number of halogens is 2. The van der Waals surface area contributed by atoms with Gasteiger partial charge >= 0.3 is 0 Å². The monoisotopic (exact) mass is 315 g/mol. The van der Waals surface area contributed by atoms with E-state index in [0.29, 0.717) is 16.7 Å². The van der Waals surface area contributed by atoms with Crippen LogP contribution in [0, 0.1) is 0 Å². The fourth-order valence-electron chi connectivity index (χ4n) is 1.31. The Morgan fingerprint density at radius 2 is 2.29 bits per heavy atom. The van der Waals surface area contributed by atoms with E-state index in [1.807, 2.05) is 19.1 Å². The lowest BCUT2D eigenvalue weighted by Gasteiger charge is -2.00. The highest BCUT2D eigenvalue weighted by Crippen LogP contribution is 2.28. The summed E-state index contributed by atoms with van der Waals surface area (Å²) in [6, 6.07) is 5.23. The molecule has 1 atom stereocenters. The lowest BCUT2D eigenvalue weighted by molar-refractivity contribution is 0.415. The largest absolute Gasteiger partial charge is 0.334 e. The molecule has 17 heavy (non-hydrogen) atoms. The van der Waals surface area contributed by atoms with Gasteiger partial charge in [-0.1, -0.05) is 23.7 Å². The van der Waals surface area contributed by atoms with Crippen LogP contribution in [0.25, 0.3) is 11.5 Å². The molecule has 1 aromatic heterocycles. The third-order valence-corrected chi connectivity index (χ3v) is 3.59. The summed E-state index contributed by atoms with van der Waals surface area (Å²) in [5.41, 5.74) is 6.63. The zero-order chi connectivity index (χ0) is 12.4. The Balaban J connectivity index is 2.33. The summed E-state index contributed by atoms with van der Waals surface area (Å²) < 4.78 is 5.95. The highest BCUT2D eigenvalue weighted by molar-refractivity contribution is 9.10. The van der Waals surface area contributed by atoms with Crippen LogP contribution in [0.1, 0.15) is 25.2 Å². The maximum Gasteiger partial charge on any atom is 0.258 e. The Labute approximate surface area is 112 Å². The van der Waals surface area contributed by atoms with Crippen LogP contribution >= 0.6 is 27.5 Å². The van der Waals surface area contributed by atoms with E-state index < -0.39 is 0 Å². The number of hydrogen-bond donors (Lipinski definition) is 1. The molecule has 2 aromatic rings. The van der Waals surface area contributed by atoms with Gasteiger partial charge in [-0.3, -0.25) is 0 Å². The molecule has 90 valence electrons. The molecule has 1 heterocycles. The van der Waals surface area contributed by atoms with Gasteiger partial charge in [0.05, 0.1) is 11.1 Å². The molecular weight excluding hydrogens is 305 g/mol. The predicted octanol–water partition coefficient (Wildman–Crippen LogP) is 3.56. The Kier molecular flexibility index (Phi) is 3.81. The third-order valence-electron chi connectivity index (χ3n) is 2.38. The minimum Gasteiger partial charge on any atom is -0.334 e. The maximum absolute atomic E-state index is 5.91. The fourth-order valence-corrected chi connectivity index (χ4v) is 1.81. The number of benzene rings is 1. The quantitative estimate of drug-likeness (QED) is 0.940. The van der Waals surface area contributed by atoms with E-state index in [2.05, 4.69) is 26.1 Å². The Morgan fingerprint density at radius 3 is 2.94 bits per heavy atom. The second kappa shape index (κ2) is 5.16. The van der Waals surface area contributed by atoms with Crippen LogP contribution < -0.4 is 5.73 Å². The molecular formula is C11H11BrClN3O. The van der Waals surface area contributed by atoms with Crippen molar-refractivity contribution in [1.29, 1.82) is 0 Å². The summed E-state index contributed by atoms with van der Waals surface area (Å²) in [5.74, 6) is 0.967. The summed E-state index contributed by atoms with van der Waals surface area (Å²) >= 11 is 9.26. The highest BCUT2D eigenvalue weighted by Gasteiger charge is 2.14. The van der Waals surface area contributed by atoms with Crippen LogP contribution in [0.2, 0.25) is 5.02 Å². The minimum absolute atomic E-state index is 0.191. The van der Waals surface area contributed by atoms with E-state index in [9.17, 15) is 0 Å². The molecule has 0 aliphatic carbocycles. The first kappa shape index (κ1) is 12.5. The SMILES string of the molecule is CCC(N)c1noc(-c2ccc(Cl)c(Br)c2)n1. The molecule has 4 nitrogen and oxygen atoms in total. The summed E-state index contributed by atoms with van der Waals surface area (Å²) in [6.07, 6.45) is 0.767. The Bertz CT molecular complexity index is 529. The minimum atomic E-state index is -0.191. The van der Waals surface area contributed by atoms with Crippen molar-refractivity contribution in [3.63, 3.8) is 0 Å². The molecule has 0 radical (unpaired) electrons. The number of nitrogens with two attached hydrogens (primary N) is 1. The molecule has 1 aromatic carbocycles. The van der Waals surface area contributed by atoms with Crippen molar-refractivity contribution in [3.8, 4) is 11.5 Å². The van der Waals surface area contributed by atoms with Crippen LogP contribution in [0.4, 0.5) is 0 Å². The number of aromatic nitrogens is 2. The zero-order valence-corrected chi connectivity index (χ0v) is 11.5. The van der Waals surface area contributed by atoms with Gasteiger partial charge in [0.2, 0.25) is 0 Å². The van der Waals surface area contributed by atoms with Crippen LogP contribution in [-0.2, 0) is 0 Å². The normalized spacial score (nSPS) is 12.7. The maximum atomic E-state index is 5.91. The fraction of sp³-hybridized carbons (Fsp3) is 0.273. The summed E-state index contributed by atoms with van der Waals surface area (Å²) in [7, 11) is 0. The lowest BCUT2D eigenvalue weighted by atomic mass is 10.2. The summed E-state index contributed by atoms with van der Waals surface area (Å²) in [4.78, 5) is 4.26. The van der Waals surface area contributed by atoms with Crippen molar-refractivity contribution >= 4 is 27.5 Å². The molecule has 0 bridgehead atoms. The van der Waals surface area contributed by atoms with Gasteiger partial charge in [0.15, 0.2) is 5.82 Å².